The number of aliphatic hydroxyl groups excluding tert-OH is 1. The fourth-order valence-corrected chi connectivity index (χ4v) is 6.54. The van der Waals surface area contributed by atoms with Crippen molar-refractivity contribution in [2.75, 3.05) is 20.8 Å². The lowest BCUT2D eigenvalue weighted by atomic mass is 9.58. The number of benzene rings is 1. The molecule has 3 N–H and O–H groups in total. The fraction of sp³-hybridized carbons (Fsp3) is 0.500. The minimum absolute atomic E-state index is 0.0868. The van der Waals surface area contributed by atoms with Crippen molar-refractivity contribution >= 4 is 53.7 Å². The van der Waals surface area contributed by atoms with Gasteiger partial charge in [-0.3, -0.25) is 9.59 Å². The fourth-order valence-electron chi connectivity index (χ4n) is 5.92. The Balaban J connectivity index is 1.61. The smallest absolute Gasteiger partial charge is 0.455 e. The van der Waals surface area contributed by atoms with Gasteiger partial charge in [-0.15, -0.1) is 0 Å². The van der Waals surface area contributed by atoms with Crippen LogP contribution in [-0.4, -0.2) is 72.1 Å². The summed E-state index contributed by atoms with van der Waals surface area (Å²) in [4.78, 5) is 38.8. The summed E-state index contributed by atoms with van der Waals surface area (Å²) in [5, 5.41) is 30.9. The molecule has 3 aliphatic rings. The van der Waals surface area contributed by atoms with Crippen LogP contribution in [0.4, 0.5) is 4.79 Å². The van der Waals surface area contributed by atoms with Crippen LogP contribution in [0.3, 0.4) is 0 Å². The molecule has 0 spiro atoms. The summed E-state index contributed by atoms with van der Waals surface area (Å²) in [6, 6.07) is 3.61. The van der Waals surface area contributed by atoms with E-state index in [-0.39, 0.29) is 25.1 Å². The first kappa shape index (κ1) is 28.6. The van der Waals surface area contributed by atoms with Crippen molar-refractivity contribution in [2.45, 2.75) is 45.0 Å². The molecule has 0 radical (unpaired) electrons. The maximum Gasteiger partial charge on any atom is 0.455 e. The molecule has 4 atom stereocenters. The first-order valence-electron chi connectivity index (χ1n) is 12.5. The molecule has 2 saturated heterocycles. The zero-order valence-corrected chi connectivity index (χ0v) is 23.6. The van der Waals surface area contributed by atoms with E-state index in [1.807, 2.05) is 41.7 Å². The number of phenolic OH excluding ortho intramolecular Hbond substituents is 1. The van der Waals surface area contributed by atoms with Crippen molar-refractivity contribution in [1.82, 2.24) is 4.90 Å². The normalized spacial score (nSPS) is 25.5. The minimum atomic E-state index is -1.15. The van der Waals surface area contributed by atoms with Crippen molar-refractivity contribution in [1.29, 1.82) is 0 Å². The number of rotatable bonds is 7. The highest BCUT2D eigenvalue weighted by Crippen LogP contribution is 2.50. The van der Waals surface area contributed by atoms with E-state index in [1.165, 1.54) is 7.11 Å². The van der Waals surface area contributed by atoms with Crippen molar-refractivity contribution in [3.63, 3.8) is 0 Å². The Labute approximate surface area is 234 Å². The Morgan fingerprint density at radius 1 is 1.26 bits per heavy atom. The molecule has 1 aliphatic carbocycles. The molecule has 0 aromatic heterocycles. The molecule has 4 rings (SSSR count). The van der Waals surface area contributed by atoms with E-state index >= 15 is 0 Å². The number of aliphatic hydroxyl groups is 1. The molecule has 12 heteroatoms. The first-order valence-corrected chi connectivity index (χ1v) is 13.6. The summed E-state index contributed by atoms with van der Waals surface area (Å²) in [6.07, 6.45) is 2.50. The van der Waals surface area contributed by atoms with Crippen LogP contribution < -0.4 is 4.74 Å². The van der Waals surface area contributed by atoms with Gasteiger partial charge in [-0.05, 0) is 89.4 Å². The summed E-state index contributed by atoms with van der Waals surface area (Å²) >= 11 is 2.05. The van der Waals surface area contributed by atoms with Crippen LogP contribution in [0.1, 0.15) is 38.2 Å². The van der Waals surface area contributed by atoms with Gasteiger partial charge in [0.1, 0.15) is 0 Å². The average molecular weight is 639 g/mol. The van der Waals surface area contributed by atoms with Gasteiger partial charge in [-0.1, -0.05) is 18.6 Å². The van der Waals surface area contributed by atoms with Crippen LogP contribution in [0.25, 0.3) is 6.08 Å². The molecule has 3 amide bonds. The average Bonchev–Trinajstić information content (AvgIpc) is 3.16. The molecule has 0 bridgehead atoms. The summed E-state index contributed by atoms with van der Waals surface area (Å²) in [7, 11) is 1.45. The lowest BCUT2D eigenvalue weighted by Crippen LogP contribution is -2.46. The molecule has 1 aromatic rings. The van der Waals surface area contributed by atoms with Crippen molar-refractivity contribution in [3.8, 4) is 11.5 Å². The number of methoxy groups -OCH3 is 2. The maximum atomic E-state index is 13.2. The minimum Gasteiger partial charge on any atom is -0.504 e. The van der Waals surface area contributed by atoms with Gasteiger partial charge >= 0.3 is 13.2 Å². The third-order valence-corrected chi connectivity index (χ3v) is 8.50. The van der Waals surface area contributed by atoms with Crippen molar-refractivity contribution in [3.05, 3.63) is 38.0 Å². The molecule has 2 fully saturated rings. The van der Waals surface area contributed by atoms with E-state index in [0.29, 0.717) is 32.6 Å². The highest BCUT2D eigenvalue weighted by atomic mass is 127. The summed E-state index contributed by atoms with van der Waals surface area (Å²) < 4.78 is 16.5. The maximum absolute atomic E-state index is 13.2. The lowest BCUT2D eigenvalue weighted by molar-refractivity contribution is -0.137. The van der Waals surface area contributed by atoms with Gasteiger partial charge in [0.15, 0.2) is 11.5 Å². The second-order valence-corrected chi connectivity index (χ2v) is 10.9. The number of carbonyl (C=O) groups excluding carboxylic acids is 3. The number of ether oxygens (including phenoxy) is 2. The highest BCUT2D eigenvalue weighted by molar-refractivity contribution is 14.1. The second kappa shape index (κ2) is 11.8. The zero-order valence-electron chi connectivity index (χ0n) is 21.5. The van der Waals surface area contributed by atoms with Crippen LogP contribution in [0, 0.1) is 21.3 Å². The quantitative estimate of drug-likeness (QED) is 0.178. The molecular weight excluding hydrogens is 608 g/mol. The van der Waals surface area contributed by atoms with Gasteiger partial charge in [0.2, 0.25) is 11.8 Å². The molecular formula is C26H31BINO9. The SMILES string of the molecule is CC/C(=C\c1cc(I)c(O)c(OC)c1)CC[C@H]1OB(O)C[C@H]2C1=C(CO)C[C@H]1C(=O)N(C(=O)OC)C(=O)[C@H]12. The molecule has 2 aliphatic heterocycles. The number of nitrogens with zero attached hydrogens (tertiary/aromatic N) is 1. The van der Waals surface area contributed by atoms with Gasteiger partial charge in [-0.25, -0.2) is 4.79 Å². The van der Waals surface area contributed by atoms with E-state index in [0.717, 1.165) is 30.2 Å². The number of likely N-dealkylation sites (tertiary alicyclic amines) is 1. The Morgan fingerprint density at radius 3 is 2.63 bits per heavy atom. The number of carbonyl (C=O) groups is 3. The van der Waals surface area contributed by atoms with Crippen LogP contribution in [0.2, 0.25) is 6.32 Å². The van der Waals surface area contributed by atoms with Gasteiger partial charge in [0.05, 0.1) is 42.3 Å². The predicted octanol–water partition coefficient (Wildman–Crippen LogP) is 3.13. The third-order valence-electron chi connectivity index (χ3n) is 7.68. The van der Waals surface area contributed by atoms with E-state index < -0.39 is 48.9 Å². The van der Waals surface area contributed by atoms with E-state index in [1.54, 1.807) is 6.07 Å². The third kappa shape index (κ3) is 5.23. The van der Waals surface area contributed by atoms with E-state index in [2.05, 4.69) is 4.74 Å². The second-order valence-electron chi connectivity index (χ2n) is 9.71. The number of hydrogen-bond donors (Lipinski definition) is 3. The molecule has 1 aromatic carbocycles. The molecule has 204 valence electrons. The lowest BCUT2D eigenvalue weighted by Gasteiger charge is -2.42. The van der Waals surface area contributed by atoms with E-state index in [4.69, 9.17) is 9.39 Å². The molecule has 2 heterocycles. The summed E-state index contributed by atoms with van der Waals surface area (Å²) in [6.45, 7) is 1.72. The van der Waals surface area contributed by atoms with Crippen LogP contribution >= 0.6 is 22.6 Å². The molecule has 10 nitrogen and oxygen atoms in total. The number of aromatic hydroxyl groups is 1. The Bertz CT molecular complexity index is 1200. The van der Waals surface area contributed by atoms with Crippen LogP contribution in [0.5, 0.6) is 11.5 Å². The Hall–Kier alpha value is -2.42. The van der Waals surface area contributed by atoms with Gasteiger partial charge < -0.3 is 29.4 Å². The van der Waals surface area contributed by atoms with Crippen molar-refractivity contribution in [2.24, 2.45) is 17.8 Å². The largest absolute Gasteiger partial charge is 0.504 e. The number of phenols is 1. The van der Waals surface area contributed by atoms with Crippen molar-refractivity contribution < 1.29 is 43.7 Å². The topological polar surface area (TPSA) is 143 Å². The van der Waals surface area contributed by atoms with Crippen LogP contribution in [-0.2, 0) is 19.0 Å². The number of imide groups is 3. The highest BCUT2D eigenvalue weighted by Gasteiger charge is 2.59. The molecule has 0 unspecified atom stereocenters. The molecule has 38 heavy (non-hydrogen) atoms. The predicted molar refractivity (Wildman–Crippen MR) is 146 cm³/mol. The van der Waals surface area contributed by atoms with Gasteiger partial charge in [0, 0.05) is 0 Å². The zero-order chi connectivity index (χ0) is 27.7. The standard InChI is InChI=1S/C26H31BINO9/c1-4-13(7-14-8-18(28)23(31)20(9-14)36-2)5-6-19-21-15(12-30)10-16-22(17(21)11-27(35)38-19)25(33)29(24(16)32)26(34)37-3/h7-9,16-17,19,22,30-31,35H,4-6,10-12H2,1-3H3/b13-7+/t16-,17+,19-,22-/m1/s1. The number of fused-ring (bicyclic) bond motifs is 3. The molecule has 0 saturated carbocycles. The van der Waals surface area contributed by atoms with Gasteiger partial charge in [-0.2, -0.15) is 4.90 Å². The van der Waals surface area contributed by atoms with E-state index in [9.17, 15) is 29.6 Å². The first-order chi connectivity index (χ1) is 18.1. The Kier molecular flexibility index (Phi) is 8.85. The summed E-state index contributed by atoms with van der Waals surface area (Å²) in [5.74, 6) is -2.95. The van der Waals surface area contributed by atoms with Gasteiger partial charge in [0.25, 0.3) is 0 Å². The Morgan fingerprint density at radius 2 is 2.00 bits per heavy atom. The number of halogens is 1. The number of hydrogen-bond acceptors (Lipinski definition) is 9. The monoisotopic (exact) mass is 639 g/mol. The van der Waals surface area contributed by atoms with Crippen LogP contribution in [0.15, 0.2) is 28.9 Å². The number of amides is 3. The number of allylic oxidation sites excluding steroid dienone is 1. The summed E-state index contributed by atoms with van der Waals surface area (Å²) in [5.41, 5.74) is 3.32.